The average Bonchev–Trinajstić information content (AvgIpc) is 2.15. The maximum atomic E-state index is 5.83. The van der Waals surface area contributed by atoms with Crippen LogP contribution in [0.1, 0.15) is 54.4 Å². The minimum Gasteiger partial charge on any atom is -0.380 e. The van der Waals surface area contributed by atoms with Crippen molar-refractivity contribution in [2.75, 3.05) is 19.8 Å². The summed E-state index contributed by atoms with van der Waals surface area (Å²) in [5.74, 6) is 0.687. The monoisotopic (exact) mass is 229 g/mol. The van der Waals surface area contributed by atoms with Gasteiger partial charge in [0.25, 0.3) is 0 Å². The summed E-state index contributed by atoms with van der Waals surface area (Å²) in [6, 6.07) is 0.450. The molecule has 2 nitrogen and oxygen atoms in total. The molecule has 0 spiro atoms. The van der Waals surface area contributed by atoms with Crippen LogP contribution in [-0.2, 0) is 4.74 Å². The highest BCUT2D eigenvalue weighted by Gasteiger charge is 2.23. The molecule has 16 heavy (non-hydrogen) atoms. The molecule has 1 N–H and O–H groups in total. The molecule has 0 radical (unpaired) electrons. The smallest absolute Gasteiger partial charge is 0.0624 e. The Morgan fingerprint density at radius 3 is 2.19 bits per heavy atom. The highest BCUT2D eigenvalue weighted by Crippen LogP contribution is 2.19. The van der Waals surface area contributed by atoms with Crippen LogP contribution < -0.4 is 5.32 Å². The fraction of sp³-hybridized carbons (Fsp3) is 1.00. The van der Waals surface area contributed by atoms with Crippen molar-refractivity contribution in [3.8, 4) is 0 Å². The summed E-state index contributed by atoms with van der Waals surface area (Å²) in [6.07, 6.45) is 2.52. The van der Waals surface area contributed by atoms with E-state index in [1.807, 2.05) is 0 Å². The molecule has 0 amide bonds. The first-order valence-electron chi connectivity index (χ1n) is 6.72. The third kappa shape index (κ3) is 7.24. The number of hydrogen-bond acceptors (Lipinski definition) is 2. The average molecular weight is 229 g/mol. The number of hydrogen-bond donors (Lipinski definition) is 1. The summed E-state index contributed by atoms with van der Waals surface area (Å²) in [5.41, 5.74) is 0.268. The highest BCUT2D eigenvalue weighted by molar-refractivity contribution is 4.79. The van der Waals surface area contributed by atoms with Gasteiger partial charge in [0, 0.05) is 12.6 Å². The lowest BCUT2D eigenvalue weighted by atomic mass is 9.87. The molecule has 0 aromatic heterocycles. The van der Waals surface area contributed by atoms with Gasteiger partial charge in [0.05, 0.1) is 6.61 Å². The summed E-state index contributed by atoms with van der Waals surface area (Å²) in [6.45, 7) is 16.2. The van der Waals surface area contributed by atoms with Crippen LogP contribution in [-0.4, -0.2) is 25.8 Å². The van der Waals surface area contributed by atoms with Crippen LogP contribution in [0.15, 0.2) is 0 Å². The van der Waals surface area contributed by atoms with Crippen LogP contribution in [0.3, 0.4) is 0 Å². The number of ether oxygens (including phenoxy) is 1. The first kappa shape index (κ1) is 15.9. The van der Waals surface area contributed by atoms with E-state index in [4.69, 9.17) is 4.74 Å². The zero-order valence-electron chi connectivity index (χ0n) is 12.1. The predicted octanol–water partition coefficient (Wildman–Crippen LogP) is 3.46. The van der Waals surface area contributed by atoms with Crippen LogP contribution in [0.25, 0.3) is 0 Å². The van der Waals surface area contributed by atoms with Crippen molar-refractivity contribution < 1.29 is 4.74 Å². The van der Waals surface area contributed by atoms with Crippen molar-refractivity contribution in [2.45, 2.75) is 60.4 Å². The summed E-state index contributed by atoms with van der Waals surface area (Å²) in [7, 11) is 0. The Morgan fingerprint density at radius 1 is 1.12 bits per heavy atom. The third-order valence-electron chi connectivity index (χ3n) is 2.96. The van der Waals surface area contributed by atoms with E-state index < -0.39 is 0 Å². The van der Waals surface area contributed by atoms with Crippen LogP contribution >= 0.6 is 0 Å². The lowest BCUT2D eigenvalue weighted by Crippen LogP contribution is -2.44. The van der Waals surface area contributed by atoms with Gasteiger partial charge in [0.1, 0.15) is 0 Å². The van der Waals surface area contributed by atoms with E-state index in [0.717, 1.165) is 19.8 Å². The molecule has 0 bridgehead atoms. The van der Waals surface area contributed by atoms with Crippen LogP contribution in [0.2, 0.25) is 0 Å². The second kappa shape index (κ2) is 8.08. The van der Waals surface area contributed by atoms with E-state index in [0.29, 0.717) is 12.0 Å². The molecule has 2 heteroatoms. The van der Waals surface area contributed by atoms with Crippen LogP contribution in [0.4, 0.5) is 0 Å². The van der Waals surface area contributed by atoms with E-state index in [2.05, 4.69) is 46.9 Å². The van der Waals surface area contributed by atoms with Gasteiger partial charge in [-0.2, -0.15) is 0 Å². The van der Waals surface area contributed by atoms with Crippen LogP contribution in [0, 0.1) is 11.3 Å². The molecule has 0 aliphatic rings. The van der Waals surface area contributed by atoms with Gasteiger partial charge in [-0.1, -0.05) is 48.0 Å². The first-order chi connectivity index (χ1) is 7.41. The van der Waals surface area contributed by atoms with E-state index in [1.165, 1.54) is 12.8 Å². The number of likely N-dealkylation sites (N-methyl/N-ethyl adjacent to an activating group) is 1. The summed E-state index contributed by atoms with van der Waals surface area (Å²) >= 11 is 0. The quantitative estimate of drug-likeness (QED) is 0.688. The standard InChI is InChI=1S/C14H31NO/c1-7-9-12(3)10-16-11-13(15-8-2)14(4,5)6/h12-13,15H,7-11H2,1-6H3. The molecule has 0 saturated heterocycles. The maximum absolute atomic E-state index is 5.83. The van der Waals surface area contributed by atoms with Crippen molar-refractivity contribution in [2.24, 2.45) is 11.3 Å². The predicted molar refractivity (Wildman–Crippen MR) is 71.8 cm³/mol. The molecule has 0 saturated carbocycles. The van der Waals surface area contributed by atoms with Crippen molar-refractivity contribution in [3.63, 3.8) is 0 Å². The normalized spacial score (nSPS) is 16.1. The number of nitrogens with one attached hydrogen (secondary N) is 1. The fourth-order valence-corrected chi connectivity index (χ4v) is 1.82. The van der Waals surface area contributed by atoms with E-state index >= 15 is 0 Å². The lowest BCUT2D eigenvalue weighted by molar-refractivity contribution is 0.0557. The molecule has 0 aliphatic carbocycles. The van der Waals surface area contributed by atoms with Crippen LogP contribution in [0.5, 0.6) is 0 Å². The molecule has 0 aromatic carbocycles. The zero-order valence-corrected chi connectivity index (χ0v) is 12.1. The molecule has 0 heterocycles. The van der Waals surface area contributed by atoms with Gasteiger partial charge >= 0.3 is 0 Å². The topological polar surface area (TPSA) is 21.3 Å². The molecular formula is C14H31NO. The molecule has 0 rings (SSSR count). The highest BCUT2D eigenvalue weighted by atomic mass is 16.5. The molecule has 0 aromatic rings. The Morgan fingerprint density at radius 2 is 1.75 bits per heavy atom. The van der Waals surface area contributed by atoms with Gasteiger partial charge < -0.3 is 10.1 Å². The molecule has 0 fully saturated rings. The molecule has 2 atom stereocenters. The largest absolute Gasteiger partial charge is 0.380 e. The number of rotatable bonds is 8. The van der Waals surface area contributed by atoms with Gasteiger partial charge in [-0.25, -0.2) is 0 Å². The SMILES string of the molecule is CCCC(C)COCC(NCC)C(C)(C)C. The van der Waals surface area contributed by atoms with Gasteiger partial charge in [0.2, 0.25) is 0 Å². The van der Waals surface area contributed by atoms with Gasteiger partial charge in [0.15, 0.2) is 0 Å². The van der Waals surface area contributed by atoms with E-state index in [-0.39, 0.29) is 5.41 Å². The summed E-state index contributed by atoms with van der Waals surface area (Å²) in [5, 5.41) is 3.50. The maximum Gasteiger partial charge on any atom is 0.0624 e. The van der Waals surface area contributed by atoms with Crippen molar-refractivity contribution in [1.82, 2.24) is 5.32 Å². The van der Waals surface area contributed by atoms with Gasteiger partial charge in [-0.15, -0.1) is 0 Å². The summed E-state index contributed by atoms with van der Waals surface area (Å²) < 4.78 is 5.83. The third-order valence-corrected chi connectivity index (χ3v) is 2.96. The first-order valence-corrected chi connectivity index (χ1v) is 6.72. The Labute approximate surface area is 102 Å². The Balaban J connectivity index is 3.85. The Bertz CT molecular complexity index is 163. The van der Waals surface area contributed by atoms with E-state index in [1.54, 1.807) is 0 Å². The van der Waals surface area contributed by atoms with Gasteiger partial charge in [-0.3, -0.25) is 0 Å². The fourth-order valence-electron chi connectivity index (χ4n) is 1.82. The molecule has 98 valence electrons. The second-order valence-corrected chi connectivity index (χ2v) is 5.91. The zero-order chi connectivity index (χ0) is 12.6. The van der Waals surface area contributed by atoms with E-state index in [9.17, 15) is 0 Å². The molecule has 0 aliphatic heterocycles. The molecule has 2 unspecified atom stereocenters. The van der Waals surface area contributed by atoms with Gasteiger partial charge in [-0.05, 0) is 24.3 Å². The van der Waals surface area contributed by atoms with Crippen molar-refractivity contribution in [3.05, 3.63) is 0 Å². The van der Waals surface area contributed by atoms with Crippen molar-refractivity contribution in [1.29, 1.82) is 0 Å². The minimum atomic E-state index is 0.268. The molecular weight excluding hydrogens is 198 g/mol. The second-order valence-electron chi connectivity index (χ2n) is 5.91. The Kier molecular flexibility index (Phi) is 8.04. The van der Waals surface area contributed by atoms with Crippen molar-refractivity contribution >= 4 is 0 Å². The summed E-state index contributed by atoms with van der Waals surface area (Å²) in [4.78, 5) is 0. The lowest BCUT2D eigenvalue weighted by Gasteiger charge is -2.31. The Hall–Kier alpha value is -0.0800. The minimum absolute atomic E-state index is 0.268.